The largest absolute Gasteiger partial charge is 0.383 e. The summed E-state index contributed by atoms with van der Waals surface area (Å²) in [7, 11) is 1.63. The summed E-state index contributed by atoms with van der Waals surface area (Å²) >= 11 is 3.94. The van der Waals surface area contributed by atoms with Crippen molar-refractivity contribution in [3.8, 4) is 0 Å². The fourth-order valence-corrected chi connectivity index (χ4v) is 0.372. The third-order valence-corrected chi connectivity index (χ3v) is 1.08. The molecule has 0 spiro atoms. The van der Waals surface area contributed by atoms with E-state index in [9.17, 15) is 0 Å². The van der Waals surface area contributed by atoms with Crippen molar-refractivity contribution in [3.05, 3.63) is 0 Å². The van der Waals surface area contributed by atoms with Crippen molar-refractivity contribution >= 4 is 12.6 Å². The quantitative estimate of drug-likeness (QED) is 0.511. The molecular formula is C4H11NOS. The Labute approximate surface area is 49.4 Å². The highest BCUT2D eigenvalue weighted by Gasteiger charge is 1.93. The van der Waals surface area contributed by atoms with Crippen LogP contribution in [0.1, 0.15) is 0 Å². The summed E-state index contributed by atoms with van der Waals surface area (Å²) in [6, 6.07) is 0.0910. The van der Waals surface area contributed by atoms with Gasteiger partial charge in [0.2, 0.25) is 0 Å². The first-order valence-corrected chi connectivity index (χ1v) is 2.80. The van der Waals surface area contributed by atoms with Gasteiger partial charge in [-0.15, -0.1) is 0 Å². The maximum atomic E-state index is 5.38. The van der Waals surface area contributed by atoms with Gasteiger partial charge in [0.05, 0.1) is 6.61 Å². The molecule has 2 N–H and O–H groups in total. The van der Waals surface area contributed by atoms with Gasteiger partial charge in [-0.1, -0.05) is 0 Å². The van der Waals surface area contributed by atoms with Crippen molar-refractivity contribution in [2.75, 3.05) is 19.5 Å². The van der Waals surface area contributed by atoms with E-state index in [1.165, 1.54) is 0 Å². The number of methoxy groups -OCH3 is 1. The number of hydrogen-bond acceptors (Lipinski definition) is 3. The Morgan fingerprint density at radius 2 is 2.43 bits per heavy atom. The highest BCUT2D eigenvalue weighted by atomic mass is 32.1. The molecule has 0 aliphatic heterocycles. The Kier molecular flexibility index (Phi) is 4.60. The second kappa shape index (κ2) is 4.43. The van der Waals surface area contributed by atoms with Gasteiger partial charge in [0.15, 0.2) is 0 Å². The van der Waals surface area contributed by atoms with Crippen LogP contribution in [0.2, 0.25) is 0 Å². The Morgan fingerprint density at radius 3 is 2.57 bits per heavy atom. The van der Waals surface area contributed by atoms with Gasteiger partial charge in [0.1, 0.15) is 0 Å². The molecule has 0 rings (SSSR count). The van der Waals surface area contributed by atoms with E-state index < -0.39 is 0 Å². The van der Waals surface area contributed by atoms with Crippen molar-refractivity contribution in [1.29, 1.82) is 0 Å². The molecule has 0 aromatic carbocycles. The summed E-state index contributed by atoms with van der Waals surface area (Å²) in [4.78, 5) is 0. The van der Waals surface area contributed by atoms with Gasteiger partial charge in [0.25, 0.3) is 0 Å². The topological polar surface area (TPSA) is 35.2 Å². The first-order valence-electron chi connectivity index (χ1n) is 2.16. The summed E-state index contributed by atoms with van der Waals surface area (Å²) in [5.41, 5.74) is 5.38. The minimum atomic E-state index is 0.0910. The molecule has 0 radical (unpaired) electrons. The van der Waals surface area contributed by atoms with Crippen LogP contribution in [0.15, 0.2) is 0 Å². The lowest BCUT2D eigenvalue weighted by molar-refractivity contribution is 0.186. The number of nitrogens with two attached hydrogens (primary N) is 1. The molecule has 0 amide bonds. The van der Waals surface area contributed by atoms with Crippen molar-refractivity contribution in [3.63, 3.8) is 0 Å². The highest BCUT2D eigenvalue weighted by Crippen LogP contribution is 1.81. The fraction of sp³-hybridized carbons (Fsp3) is 1.00. The lowest BCUT2D eigenvalue weighted by atomic mass is 10.4. The van der Waals surface area contributed by atoms with E-state index in [0.29, 0.717) is 12.4 Å². The molecule has 0 aromatic heterocycles. The van der Waals surface area contributed by atoms with Crippen LogP contribution in [0, 0.1) is 0 Å². The van der Waals surface area contributed by atoms with Crippen LogP contribution >= 0.6 is 12.6 Å². The predicted molar refractivity (Wildman–Crippen MR) is 33.7 cm³/mol. The average Bonchev–Trinajstić information content (AvgIpc) is 1.68. The van der Waals surface area contributed by atoms with Crippen LogP contribution in [-0.4, -0.2) is 25.5 Å². The zero-order valence-electron chi connectivity index (χ0n) is 4.42. The molecular weight excluding hydrogens is 110 g/mol. The number of rotatable bonds is 3. The summed E-state index contributed by atoms with van der Waals surface area (Å²) in [5, 5.41) is 0. The minimum absolute atomic E-state index is 0.0910. The van der Waals surface area contributed by atoms with E-state index in [2.05, 4.69) is 12.6 Å². The smallest absolute Gasteiger partial charge is 0.0621 e. The van der Waals surface area contributed by atoms with E-state index in [0.717, 1.165) is 0 Å². The second-order valence-electron chi connectivity index (χ2n) is 1.40. The van der Waals surface area contributed by atoms with Gasteiger partial charge in [-0.2, -0.15) is 12.6 Å². The van der Waals surface area contributed by atoms with Crippen molar-refractivity contribution in [1.82, 2.24) is 0 Å². The number of thiol groups is 1. The van der Waals surface area contributed by atoms with Crippen LogP contribution in [0.25, 0.3) is 0 Å². The minimum Gasteiger partial charge on any atom is -0.383 e. The Bertz CT molecular complexity index is 42.7. The Hall–Kier alpha value is 0.270. The van der Waals surface area contributed by atoms with E-state index in [4.69, 9.17) is 10.5 Å². The predicted octanol–water partition coefficient (Wildman–Crippen LogP) is -0.110. The number of hydrogen-bond donors (Lipinski definition) is 2. The van der Waals surface area contributed by atoms with Gasteiger partial charge in [-0.3, -0.25) is 0 Å². The average molecular weight is 121 g/mol. The molecule has 0 saturated heterocycles. The maximum Gasteiger partial charge on any atom is 0.0621 e. The third-order valence-electron chi connectivity index (χ3n) is 0.615. The number of ether oxygens (including phenoxy) is 1. The highest BCUT2D eigenvalue weighted by molar-refractivity contribution is 7.80. The van der Waals surface area contributed by atoms with E-state index in [1.54, 1.807) is 7.11 Å². The van der Waals surface area contributed by atoms with Gasteiger partial charge in [0, 0.05) is 18.9 Å². The van der Waals surface area contributed by atoms with E-state index in [-0.39, 0.29) is 6.04 Å². The fourth-order valence-electron chi connectivity index (χ4n) is 0.267. The normalized spacial score (nSPS) is 14.1. The zero-order valence-corrected chi connectivity index (χ0v) is 5.32. The molecule has 0 heterocycles. The molecule has 0 bridgehead atoms. The summed E-state index contributed by atoms with van der Waals surface area (Å²) in [6.07, 6.45) is 0. The van der Waals surface area contributed by atoms with Crippen LogP contribution in [-0.2, 0) is 4.74 Å². The van der Waals surface area contributed by atoms with Crippen LogP contribution in [0.3, 0.4) is 0 Å². The van der Waals surface area contributed by atoms with Crippen molar-refractivity contribution in [2.24, 2.45) is 5.73 Å². The lowest BCUT2D eigenvalue weighted by Gasteiger charge is -2.03. The van der Waals surface area contributed by atoms with Crippen molar-refractivity contribution in [2.45, 2.75) is 6.04 Å². The van der Waals surface area contributed by atoms with Gasteiger partial charge >= 0.3 is 0 Å². The molecule has 7 heavy (non-hydrogen) atoms. The molecule has 0 unspecified atom stereocenters. The van der Waals surface area contributed by atoms with Crippen LogP contribution in [0.4, 0.5) is 0 Å². The molecule has 1 atom stereocenters. The summed E-state index contributed by atoms with van der Waals surface area (Å²) in [5.74, 6) is 0.688. The second-order valence-corrected chi connectivity index (χ2v) is 1.76. The van der Waals surface area contributed by atoms with E-state index >= 15 is 0 Å². The first kappa shape index (κ1) is 7.27. The standard InChI is InChI=1S/C4H11NOS/c1-6-2-4(5)3-7/h4,7H,2-3,5H2,1H3/t4-/m1/s1. The van der Waals surface area contributed by atoms with Gasteiger partial charge < -0.3 is 10.5 Å². The molecule has 3 heteroatoms. The van der Waals surface area contributed by atoms with Crippen LogP contribution < -0.4 is 5.73 Å². The molecule has 0 saturated carbocycles. The molecule has 0 aliphatic carbocycles. The summed E-state index contributed by atoms with van der Waals surface area (Å²) < 4.78 is 4.72. The van der Waals surface area contributed by atoms with Gasteiger partial charge in [-0.05, 0) is 0 Å². The van der Waals surface area contributed by atoms with Crippen LogP contribution in [0.5, 0.6) is 0 Å². The molecule has 0 fully saturated rings. The maximum absolute atomic E-state index is 5.38. The Balaban J connectivity index is 2.83. The van der Waals surface area contributed by atoms with Gasteiger partial charge in [-0.25, -0.2) is 0 Å². The lowest BCUT2D eigenvalue weighted by Crippen LogP contribution is -2.26. The van der Waals surface area contributed by atoms with E-state index in [1.807, 2.05) is 0 Å². The van der Waals surface area contributed by atoms with Crippen molar-refractivity contribution < 1.29 is 4.74 Å². The molecule has 2 nitrogen and oxygen atoms in total. The molecule has 0 aromatic rings. The zero-order chi connectivity index (χ0) is 5.70. The monoisotopic (exact) mass is 121 g/mol. The Morgan fingerprint density at radius 1 is 1.86 bits per heavy atom. The summed E-state index contributed by atoms with van der Waals surface area (Å²) in [6.45, 7) is 0.601. The third kappa shape index (κ3) is 4.12. The molecule has 0 aliphatic rings. The first-order chi connectivity index (χ1) is 3.31. The SMILES string of the molecule is COC[C@@H](N)CS. The molecule has 44 valence electrons.